The van der Waals surface area contributed by atoms with Crippen LogP contribution in [0.25, 0.3) is 0 Å². The fraction of sp³-hybridized carbons (Fsp3) is 0.100. The fourth-order valence-corrected chi connectivity index (χ4v) is 4.53. The lowest BCUT2D eigenvalue weighted by Crippen LogP contribution is -2.25. The Labute approximate surface area is 215 Å². The Balaban J connectivity index is 0.000000245. The highest BCUT2D eigenvalue weighted by Gasteiger charge is 2.11. The molecule has 1 N–H and O–H groups in total. The van der Waals surface area contributed by atoms with Gasteiger partial charge in [-0.3, -0.25) is 9.78 Å². The highest BCUT2D eigenvalue weighted by Crippen LogP contribution is 2.41. The van der Waals surface area contributed by atoms with Gasteiger partial charge in [0.25, 0.3) is 5.91 Å². The number of nitrogens with zero attached hydrogens (tertiary/aromatic N) is 1. The first-order valence-electron chi connectivity index (χ1n) is 8.62. The van der Waals surface area contributed by atoms with Gasteiger partial charge < -0.3 is 5.32 Å². The van der Waals surface area contributed by atoms with Gasteiger partial charge in [0.2, 0.25) is 0 Å². The molecule has 0 saturated heterocycles. The number of carbonyl (C=O) groups is 1. The first-order valence-corrected chi connectivity index (χ1v) is 12.2. The average molecular weight is 554 g/mol. The van der Waals surface area contributed by atoms with E-state index in [4.69, 9.17) is 50.0 Å². The van der Waals surface area contributed by atoms with E-state index in [0.717, 1.165) is 24.1 Å². The van der Waals surface area contributed by atoms with Crippen LogP contribution in [0.3, 0.4) is 0 Å². The molecule has 3 aromatic rings. The second-order valence-corrected chi connectivity index (χ2v) is 9.33. The monoisotopic (exact) mass is 552 g/mol. The Morgan fingerprint density at radius 3 is 1.84 bits per heavy atom. The molecular weight excluding hydrogens is 538 g/mol. The molecule has 0 fully saturated rings. The van der Waals surface area contributed by atoms with Gasteiger partial charge in [0, 0.05) is 48.8 Å². The lowest BCUT2D eigenvalue weighted by Gasteiger charge is -2.07. The summed E-state index contributed by atoms with van der Waals surface area (Å²) >= 11 is 30.2. The van der Waals surface area contributed by atoms with Crippen LogP contribution in [0.5, 0.6) is 0 Å². The van der Waals surface area contributed by atoms with Crippen LogP contribution in [-0.4, -0.2) is 23.2 Å². The number of benzene rings is 2. The van der Waals surface area contributed by atoms with E-state index in [1.54, 1.807) is 54.7 Å². The molecule has 0 unspecified atom stereocenters. The van der Waals surface area contributed by atoms with E-state index in [1.807, 2.05) is 0 Å². The second-order valence-electron chi connectivity index (χ2n) is 5.56. The van der Waals surface area contributed by atoms with Crippen molar-refractivity contribution in [2.24, 2.45) is 0 Å². The SMILES string of the molecule is Clc1cccc(Cl)c1SOSc1c(Cl)cccc1Cl.O=C(NCCS)c1cccnc1. The molecule has 1 amide bonds. The highest BCUT2D eigenvalue weighted by molar-refractivity contribution is 8.08. The summed E-state index contributed by atoms with van der Waals surface area (Å²) in [6.07, 6.45) is 3.17. The van der Waals surface area contributed by atoms with Crippen LogP contribution in [0.15, 0.2) is 70.7 Å². The van der Waals surface area contributed by atoms with Gasteiger partial charge in [-0.25, -0.2) is 3.63 Å². The predicted molar refractivity (Wildman–Crippen MR) is 136 cm³/mol. The third kappa shape index (κ3) is 8.94. The first kappa shape index (κ1) is 26.5. The zero-order valence-electron chi connectivity index (χ0n) is 15.7. The quantitative estimate of drug-likeness (QED) is 0.231. The van der Waals surface area contributed by atoms with Gasteiger partial charge in [0.1, 0.15) is 0 Å². The molecule has 0 radical (unpaired) electrons. The molecule has 0 aliphatic carbocycles. The molecule has 11 heteroatoms. The maximum Gasteiger partial charge on any atom is 0.252 e. The van der Waals surface area contributed by atoms with Crippen molar-refractivity contribution >= 4 is 89.0 Å². The van der Waals surface area contributed by atoms with Gasteiger partial charge in [-0.15, -0.1) is 0 Å². The average Bonchev–Trinajstić information content (AvgIpc) is 2.77. The summed E-state index contributed by atoms with van der Waals surface area (Å²) in [7, 11) is 0. The summed E-state index contributed by atoms with van der Waals surface area (Å²) in [6, 6.07) is 14.0. The lowest BCUT2D eigenvalue weighted by molar-refractivity contribution is 0.0956. The molecule has 0 aliphatic rings. The molecule has 0 bridgehead atoms. The Kier molecular flexibility index (Phi) is 12.3. The number of thiol groups is 1. The highest BCUT2D eigenvalue weighted by atomic mass is 35.5. The number of hydrogen-bond acceptors (Lipinski definition) is 6. The second kappa shape index (κ2) is 14.4. The van der Waals surface area contributed by atoms with Crippen molar-refractivity contribution in [1.29, 1.82) is 0 Å². The van der Waals surface area contributed by atoms with Crippen LogP contribution in [0.2, 0.25) is 20.1 Å². The van der Waals surface area contributed by atoms with Gasteiger partial charge in [0.05, 0.1) is 35.4 Å². The minimum absolute atomic E-state index is 0.0999. The zero-order chi connectivity index (χ0) is 22.6. The Morgan fingerprint density at radius 2 is 1.42 bits per heavy atom. The Hall–Kier alpha value is -0.770. The van der Waals surface area contributed by atoms with Gasteiger partial charge in [0.15, 0.2) is 0 Å². The molecule has 2 aromatic carbocycles. The molecule has 31 heavy (non-hydrogen) atoms. The normalized spacial score (nSPS) is 10.2. The predicted octanol–water partition coefficient (Wildman–Crippen LogP) is 7.77. The van der Waals surface area contributed by atoms with Crippen molar-refractivity contribution < 1.29 is 8.42 Å². The minimum atomic E-state index is -0.0999. The standard InChI is InChI=1S/C12H6Cl4OS2.C8H10N2OS/c13-7-3-1-4-8(14)11(7)18-17-19-12-9(15)5-2-6-10(12)16;11-8(10-4-5-12)7-2-1-3-9-6-7/h1-6H;1-3,6,12H,4-5H2,(H,10,11). The Bertz CT molecular complexity index is 905. The topological polar surface area (TPSA) is 51.2 Å². The van der Waals surface area contributed by atoms with E-state index in [9.17, 15) is 4.79 Å². The lowest BCUT2D eigenvalue weighted by atomic mass is 10.3. The number of aromatic nitrogens is 1. The molecule has 0 atom stereocenters. The van der Waals surface area contributed by atoms with Crippen LogP contribution in [0.4, 0.5) is 0 Å². The summed E-state index contributed by atoms with van der Waals surface area (Å²) in [6.45, 7) is 0.580. The van der Waals surface area contributed by atoms with Crippen molar-refractivity contribution in [3.8, 4) is 0 Å². The number of amides is 1. The molecule has 164 valence electrons. The van der Waals surface area contributed by atoms with Crippen LogP contribution in [0.1, 0.15) is 10.4 Å². The van der Waals surface area contributed by atoms with Crippen molar-refractivity contribution in [3.63, 3.8) is 0 Å². The summed E-state index contributed by atoms with van der Waals surface area (Å²) in [4.78, 5) is 16.4. The maximum atomic E-state index is 11.2. The van der Waals surface area contributed by atoms with E-state index in [0.29, 0.717) is 47.7 Å². The van der Waals surface area contributed by atoms with E-state index in [-0.39, 0.29) is 5.91 Å². The van der Waals surface area contributed by atoms with Gasteiger partial charge >= 0.3 is 0 Å². The minimum Gasteiger partial charge on any atom is -0.351 e. The molecule has 0 spiro atoms. The number of halogens is 4. The summed E-state index contributed by atoms with van der Waals surface area (Å²) < 4.78 is 5.42. The summed E-state index contributed by atoms with van der Waals surface area (Å²) in [5.74, 6) is 0.545. The number of nitrogens with one attached hydrogen (secondary N) is 1. The van der Waals surface area contributed by atoms with E-state index >= 15 is 0 Å². The van der Waals surface area contributed by atoms with Crippen LogP contribution >= 0.6 is 83.1 Å². The number of carbonyl (C=O) groups excluding carboxylic acids is 1. The molecule has 4 nitrogen and oxygen atoms in total. The van der Waals surface area contributed by atoms with E-state index in [1.165, 1.54) is 6.20 Å². The molecule has 3 rings (SSSR count). The molecule has 0 saturated carbocycles. The van der Waals surface area contributed by atoms with Crippen LogP contribution in [0, 0.1) is 0 Å². The van der Waals surface area contributed by atoms with Crippen molar-refractivity contribution in [2.45, 2.75) is 9.79 Å². The summed E-state index contributed by atoms with van der Waals surface area (Å²) in [5, 5.41) is 4.82. The number of rotatable bonds is 7. The number of hydrogen-bond donors (Lipinski definition) is 2. The molecule has 1 heterocycles. The first-order chi connectivity index (χ1) is 14.9. The van der Waals surface area contributed by atoms with Gasteiger partial charge in [-0.1, -0.05) is 58.5 Å². The fourth-order valence-electron chi connectivity index (χ4n) is 1.98. The van der Waals surface area contributed by atoms with Crippen molar-refractivity contribution in [1.82, 2.24) is 10.3 Å². The Morgan fingerprint density at radius 1 is 0.903 bits per heavy atom. The van der Waals surface area contributed by atoms with Gasteiger partial charge in [-0.05, 0) is 36.4 Å². The van der Waals surface area contributed by atoms with Crippen molar-refractivity contribution in [3.05, 3.63) is 86.6 Å². The van der Waals surface area contributed by atoms with Gasteiger partial charge in [-0.2, -0.15) is 12.6 Å². The smallest absolute Gasteiger partial charge is 0.252 e. The molecular formula is C20H16Cl4N2O2S3. The third-order valence-corrected chi connectivity index (χ3v) is 7.08. The van der Waals surface area contributed by atoms with Crippen molar-refractivity contribution in [2.75, 3.05) is 12.3 Å². The third-order valence-electron chi connectivity index (χ3n) is 3.39. The van der Waals surface area contributed by atoms with Crippen LogP contribution < -0.4 is 5.32 Å². The van der Waals surface area contributed by atoms with E-state index < -0.39 is 0 Å². The number of pyridine rings is 1. The molecule has 0 aliphatic heterocycles. The zero-order valence-corrected chi connectivity index (χ0v) is 21.3. The molecule has 1 aromatic heterocycles. The largest absolute Gasteiger partial charge is 0.351 e. The summed E-state index contributed by atoms with van der Waals surface area (Å²) in [5.41, 5.74) is 0.583. The van der Waals surface area contributed by atoms with Crippen LogP contribution in [-0.2, 0) is 3.63 Å². The maximum absolute atomic E-state index is 11.2. The van der Waals surface area contributed by atoms with E-state index in [2.05, 4.69) is 22.9 Å².